The second-order valence-electron chi connectivity index (χ2n) is 7.39. The Kier molecular flexibility index (Phi) is 7.22. The van der Waals surface area contributed by atoms with Crippen LogP contribution in [0.4, 0.5) is 5.69 Å². The third-order valence-corrected chi connectivity index (χ3v) is 4.81. The summed E-state index contributed by atoms with van der Waals surface area (Å²) >= 11 is 5.87. The Bertz CT molecular complexity index is 1020. The molecule has 0 unspecified atom stereocenters. The molecule has 0 radical (unpaired) electrons. The van der Waals surface area contributed by atoms with Gasteiger partial charge in [0, 0.05) is 22.7 Å². The summed E-state index contributed by atoms with van der Waals surface area (Å²) in [6, 6.07) is 21.7. The van der Waals surface area contributed by atoms with E-state index in [4.69, 9.17) is 11.6 Å². The van der Waals surface area contributed by atoms with Crippen LogP contribution in [-0.2, 0) is 13.1 Å². The van der Waals surface area contributed by atoms with Crippen molar-refractivity contribution in [3.05, 3.63) is 100 Å². The Labute approximate surface area is 181 Å². The van der Waals surface area contributed by atoms with E-state index in [9.17, 15) is 9.59 Å². The normalized spacial score (nSPS) is 10.7. The zero-order valence-corrected chi connectivity index (χ0v) is 17.8. The molecule has 0 spiro atoms. The second-order valence-corrected chi connectivity index (χ2v) is 7.83. The maximum Gasteiger partial charge on any atom is 0.255 e. The van der Waals surface area contributed by atoms with E-state index < -0.39 is 0 Å². The third-order valence-electron chi connectivity index (χ3n) is 4.56. The Morgan fingerprint density at radius 2 is 1.47 bits per heavy atom. The van der Waals surface area contributed by atoms with E-state index in [-0.39, 0.29) is 11.8 Å². The molecule has 0 saturated heterocycles. The van der Waals surface area contributed by atoms with Crippen molar-refractivity contribution < 1.29 is 14.5 Å². The molecule has 30 heavy (non-hydrogen) atoms. The molecule has 0 aliphatic heterocycles. The van der Waals surface area contributed by atoms with Gasteiger partial charge < -0.3 is 15.5 Å². The lowest BCUT2D eigenvalue weighted by Gasteiger charge is -2.12. The maximum absolute atomic E-state index is 12.7. The fourth-order valence-corrected chi connectivity index (χ4v) is 3.17. The Morgan fingerprint density at radius 3 is 2.13 bits per heavy atom. The fourth-order valence-electron chi connectivity index (χ4n) is 3.05. The van der Waals surface area contributed by atoms with Crippen molar-refractivity contribution in [2.45, 2.75) is 13.1 Å². The van der Waals surface area contributed by atoms with Gasteiger partial charge in [-0.05, 0) is 42.0 Å². The Hall–Kier alpha value is -3.15. The van der Waals surface area contributed by atoms with Crippen molar-refractivity contribution in [3.63, 3.8) is 0 Å². The quantitative estimate of drug-likeness (QED) is 0.547. The van der Waals surface area contributed by atoms with Gasteiger partial charge in [-0.15, -0.1) is 0 Å². The van der Waals surface area contributed by atoms with Crippen molar-refractivity contribution in [1.82, 2.24) is 5.32 Å². The molecule has 0 aliphatic carbocycles. The van der Waals surface area contributed by atoms with Crippen molar-refractivity contribution in [2.24, 2.45) is 0 Å². The van der Waals surface area contributed by atoms with Gasteiger partial charge >= 0.3 is 0 Å². The van der Waals surface area contributed by atoms with Crippen LogP contribution in [0.1, 0.15) is 31.8 Å². The molecule has 0 bridgehead atoms. The summed E-state index contributed by atoms with van der Waals surface area (Å²) < 4.78 is 0. The summed E-state index contributed by atoms with van der Waals surface area (Å²) in [7, 11) is 4.22. The van der Waals surface area contributed by atoms with Crippen LogP contribution >= 0.6 is 11.6 Å². The van der Waals surface area contributed by atoms with Crippen molar-refractivity contribution in [3.8, 4) is 0 Å². The topological polar surface area (TPSA) is 62.6 Å². The van der Waals surface area contributed by atoms with Crippen LogP contribution in [-0.4, -0.2) is 25.9 Å². The minimum absolute atomic E-state index is 0.246. The molecule has 0 fully saturated rings. The van der Waals surface area contributed by atoms with Crippen molar-refractivity contribution in [1.29, 1.82) is 0 Å². The number of anilines is 1. The third kappa shape index (κ3) is 5.92. The molecule has 0 saturated carbocycles. The minimum atomic E-state index is -0.300. The standard InChI is InChI=1S/C24H24ClN3O2/c1-28(2)16-18-9-7-17(8-10-18)15-26-24(30)21-5-3-4-6-22(21)27-23(29)19-11-13-20(25)14-12-19/h3-14H,15-16H2,1-2H3,(H,26,30)(H,27,29)/p+1. The van der Waals surface area contributed by atoms with E-state index in [2.05, 4.69) is 36.9 Å². The zero-order valence-electron chi connectivity index (χ0n) is 17.0. The Balaban J connectivity index is 1.65. The van der Waals surface area contributed by atoms with Gasteiger partial charge in [-0.25, -0.2) is 0 Å². The summed E-state index contributed by atoms with van der Waals surface area (Å²) in [5.74, 6) is -0.547. The molecule has 6 heteroatoms. The molecule has 0 aromatic heterocycles. The number of amides is 2. The molecule has 2 amide bonds. The van der Waals surface area contributed by atoms with Crippen LogP contribution in [0.25, 0.3) is 0 Å². The van der Waals surface area contributed by atoms with Gasteiger partial charge in [-0.3, -0.25) is 9.59 Å². The lowest BCUT2D eigenvalue weighted by Crippen LogP contribution is -3.04. The van der Waals surface area contributed by atoms with E-state index in [0.717, 1.165) is 12.1 Å². The van der Waals surface area contributed by atoms with E-state index in [0.29, 0.717) is 28.4 Å². The molecule has 154 valence electrons. The van der Waals surface area contributed by atoms with Crippen molar-refractivity contribution >= 4 is 29.1 Å². The molecule has 3 aromatic rings. The molecule has 3 aromatic carbocycles. The SMILES string of the molecule is C[NH+](C)Cc1ccc(CNC(=O)c2ccccc2NC(=O)c2ccc(Cl)cc2)cc1. The van der Waals surface area contributed by atoms with Gasteiger partial charge in [0.1, 0.15) is 6.54 Å². The van der Waals surface area contributed by atoms with Crippen LogP contribution in [0.5, 0.6) is 0 Å². The van der Waals surface area contributed by atoms with Gasteiger partial charge in [0.2, 0.25) is 0 Å². The molecule has 0 heterocycles. The summed E-state index contributed by atoms with van der Waals surface area (Å²) in [5.41, 5.74) is 3.60. The van der Waals surface area contributed by atoms with Gasteiger partial charge in [0.15, 0.2) is 0 Å². The number of carbonyl (C=O) groups is 2. The first-order chi connectivity index (χ1) is 14.4. The zero-order chi connectivity index (χ0) is 21.5. The number of carbonyl (C=O) groups excluding carboxylic acids is 2. The number of benzene rings is 3. The molecule has 3 N–H and O–H groups in total. The van der Waals surface area contributed by atoms with Gasteiger partial charge in [-0.1, -0.05) is 48.0 Å². The van der Waals surface area contributed by atoms with Gasteiger partial charge in [-0.2, -0.15) is 0 Å². The van der Waals surface area contributed by atoms with E-state index in [1.54, 1.807) is 48.5 Å². The molecule has 0 atom stereocenters. The lowest BCUT2D eigenvalue weighted by atomic mass is 10.1. The van der Waals surface area contributed by atoms with Gasteiger partial charge in [0.05, 0.1) is 25.3 Å². The highest BCUT2D eigenvalue weighted by Gasteiger charge is 2.14. The average Bonchev–Trinajstić information content (AvgIpc) is 2.73. The molecular formula is C24H25ClN3O2+. The van der Waals surface area contributed by atoms with Crippen LogP contribution in [0.15, 0.2) is 72.8 Å². The highest BCUT2D eigenvalue weighted by Crippen LogP contribution is 2.17. The highest BCUT2D eigenvalue weighted by atomic mass is 35.5. The second kappa shape index (κ2) is 10.1. The number of quaternary nitrogens is 1. The van der Waals surface area contributed by atoms with E-state index in [1.165, 1.54) is 10.5 Å². The predicted molar refractivity (Wildman–Crippen MR) is 120 cm³/mol. The van der Waals surface area contributed by atoms with E-state index in [1.807, 2.05) is 12.1 Å². The number of halogens is 1. The van der Waals surface area contributed by atoms with Crippen LogP contribution < -0.4 is 15.5 Å². The highest BCUT2D eigenvalue weighted by molar-refractivity contribution is 6.30. The average molecular weight is 423 g/mol. The fraction of sp³-hybridized carbons (Fsp3) is 0.167. The first-order valence-electron chi connectivity index (χ1n) is 9.73. The predicted octanol–water partition coefficient (Wildman–Crippen LogP) is 3.17. The summed E-state index contributed by atoms with van der Waals surface area (Å²) in [5, 5.41) is 6.29. The number of nitrogens with one attached hydrogen (secondary N) is 3. The monoisotopic (exact) mass is 422 g/mol. The van der Waals surface area contributed by atoms with Crippen LogP contribution in [0.3, 0.4) is 0 Å². The minimum Gasteiger partial charge on any atom is -0.348 e. The van der Waals surface area contributed by atoms with Crippen LogP contribution in [0.2, 0.25) is 5.02 Å². The van der Waals surface area contributed by atoms with Crippen LogP contribution in [0, 0.1) is 0 Å². The summed E-state index contributed by atoms with van der Waals surface area (Å²) in [6.07, 6.45) is 0. The van der Waals surface area contributed by atoms with E-state index >= 15 is 0 Å². The molecule has 3 rings (SSSR count). The number of hydrogen-bond acceptors (Lipinski definition) is 2. The molecule has 0 aliphatic rings. The summed E-state index contributed by atoms with van der Waals surface area (Å²) in [6.45, 7) is 1.36. The number of rotatable bonds is 7. The first-order valence-corrected chi connectivity index (χ1v) is 10.1. The molecular weight excluding hydrogens is 398 g/mol. The maximum atomic E-state index is 12.7. The number of para-hydroxylation sites is 1. The van der Waals surface area contributed by atoms with Crippen molar-refractivity contribution in [2.75, 3.05) is 19.4 Å². The lowest BCUT2D eigenvalue weighted by molar-refractivity contribution is -0.872. The summed E-state index contributed by atoms with van der Waals surface area (Å²) in [4.78, 5) is 26.6. The first kappa shape index (κ1) is 21.6. The molecule has 5 nitrogen and oxygen atoms in total. The smallest absolute Gasteiger partial charge is 0.255 e. The largest absolute Gasteiger partial charge is 0.348 e. The Morgan fingerprint density at radius 1 is 0.833 bits per heavy atom. The van der Waals surface area contributed by atoms with Gasteiger partial charge in [0.25, 0.3) is 11.8 Å². The number of hydrogen-bond donors (Lipinski definition) is 3.